The molecule has 0 unspecified atom stereocenters. The average Bonchev–Trinajstić information content (AvgIpc) is 2.56. The molecule has 0 aliphatic heterocycles. The third-order valence-electron chi connectivity index (χ3n) is 4.00. The van der Waals surface area contributed by atoms with Crippen LogP contribution < -0.4 is 5.32 Å². The van der Waals surface area contributed by atoms with Crippen LogP contribution in [0.2, 0.25) is 0 Å². The van der Waals surface area contributed by atoms with Gasteiger partial charge in [-0.1, -0.05) is 24.3 Å². The van der Waals surface area contributed by atoms with Crippen molar-refractivity contribution in [3.63, 3.8) is 0 Å². The number of carbonyl (C=O) groups is 3. The molecule has 5 heteroatoms. The molecule has 0 saturated carbocycles. The third kappa shape index (κ3) is 5.57. The number of carboxylic acids is 1. The van der Waals surface area contributed by atoms with Gasteiger partial charge in [-0.25, -0.2) is 0 Å². The Labute approximate surface area is 146 Å². The fourth-order valence-electron chi connectivity index (χ4n) is 2.39. The second-order valence-corrected chi connectivity index (χ2v) is 6.04. The zero-order valence-electron chi connectivity index (χ0n) is 14.3. The minimum atomic E-state index is -0.901. The second kappa shape index (κ2) is 8.24. The Morgan fingerprint density at radius 2 is 1.60 bits per heavy atom. The molecule has 0 heterocycles. The van der Waals surface area contributed by atoms with E-state index in [0.717, 1.165) is 11.1 Å². The molecular formula is C20H21NO4. The van der Waals surface area contributed by atoms with Gasteiger partial charge < -0.3 is 10.4 Å². The standard InChI is InChI=1S/C20H21NO4/c1-13-3-6-16(11-14(13)2)18(22)9-10-19(23)21-17-7-4-15(5-8-17)12-20(24)25/h3-8,11H,9-10,12H2,1-2H3,(H,21,23)(H,24,25). The molecule has 5 nitrogen and oxygen atoms in total. The Bertz CT molecular complexity index is 794. The van der Waals surface area contributed by atoms with Crippen LogP contribution in [0, 0.1) is 13.8 Å². The number of hydrogen-bond acceptors (Lipinski definition) is 3. The maximum atomic E-state index is 12.2. The Morgan fingerprint density at radius 3 is 2.20 bits per heavy atom. The van der Waals surface area contributed by atoms with Gasteiger partial charge in [-0.3, -0.25) is 14.4 Å². The first-order valence-corrected chi connectivity index (χ1v) is 8.06. The highest BCUT2D eigenvalue weighted by atomic mass is 16.4. The zero-order chi connectivity index (χ0) is 18.4. The number of nitrogens with one attached hydrogen (secondary N) is 1. The van der Waals surface area contributed by atoms with E-state index >= 15 is 0 Å². The predicted molar refractivity (Wildman–Crippen MR) is 95.9 cm³/mol. The van der Waals surface area contributed by atoms with Crippen molar-refractivity contribution in [1.29, 1.82) is 0 Å². The highest BCUT2D eigenvalue weighted by Crippen LogP contribution is 2.14. The monoisotopic (exact) mass is 339 g/mol. The first kappa shape index (κ1) is 18.4. The van der Waals surface area contributed by atoms with Crippen LogP contribution in [-0.2, 0) is 16.0 Å². The minimum Gasteiger partial charge on any atom is -0.481 e. The number of ketones is 1. The van der Waals surface area contributed by atoms with Gasteiger partial charge in [-0.15, -0.1) is 0 Å². The van der Waals surface area contributed by atoms with Crippen molar-refractivity contribution in [1.82, 2.24) is 0 Å². The molecule has 2 aromatic carbocycles. The number of amides is 1. The molecule has 0 bridgehead atoms. The average molecular weight is 339 g/mol. The number of rotatable bonds is 7. The van der Waals surface area contributed by atoms with Crippen molar-refractivity contribution < 1.29 is 19.5 Å². The van der Waals surface area contributed by atoms with Gasteiger partial charge >= 0.3 is 5.97 Å². The Hall–Kier alpha value is -2.95. The lowest BCUT2D eigenvalue weighted by atomic mass is 10.0. The molecule has 0 fully saturated rings. The third-order valence-corrected chi connectivity index (χ3v) is 4.00. The molecule has 1 amide bonds. The van der Waals surface area contributed by atoms with Gasteiger partial charge in [0, 0.05) is 24.1 Å². The molecule has 0 spiro atoms. The summed E-state index contributed by atoms with van der Waals surface area (Å²) in [5, 5.41) is 11.4. The summed E-state index contributed by atoms with van der Waals surface area (Å²) in [4.78, 5) is 34.8. The van der Waals surface area contributed by atoms with Gasteiger partial charge in [0.2, 0.25) is 5.91 Å². The summed E-state index contributed by atoms with van der Waals surface area (Å²) in [5.74, 6) is -1.21. The van der Waals surface area contributed by atoms with Crippen LogP contribution in [0.1, 0.15) is 39.9 Å². The van der Waals surface area contributed by atoms with Crippen molar-refractivity contribution in [2.75, 3.05) is 5.32 Å². The number of carboxylic acid groups (broad SMARTS) is 1. The van der Waals surface area contributed by atoms with Crippen molar-refractivity contribution in [2.45, 2.75) is 33.1 Å². The number of anilines is 1. The first-order valence-electron chi connectivity index (χ1n) is 8.06. The minimum absolute atomic E-state index is 0.0569. The molecule has 0 radical (unpaired) electrons. The van der Waals surface area contributed by atoms with E-state index in [9.17, 15) is 14.4 Å². The van der Waals surface area contributed by atoms with E-state index in [1.54, 1.807) is 30.3 Å². The van der Waals surface area contributed by atoms with Gasteiger partial charge in [0.25, 0.3) is 0 Å². The van der Waals surface area contributed by atoms with Crippen molar-refractivity contribution in [3.05, 3.63) is 64.7 Å². The van der Waals surface area contributed by atoms with Crippen LogP contribution in [0.4, 0.5) is 5.69 Å². The van der Waals surface area contributed by atoms with Gasteiger partial charge in [-0.05, 0) is 48.7 Å². The number of carbonyl (C=O) groups excluding carboxylic acids is 2. The molecule has 0 aliphatic carbocycles. The highest BCUT2D eigenvalue weighted by molar-refractivity contribution is 6.00. The van der Waals surface area contributed by atoms with E-state index in [4.69, 9.17) is 5.11 Å². The van der Waals surface area contributed by atoms with Crippen LogP contribution in [0.5, 0.6) is 0 Å². The molecule has 2 rings (SSSR count). The SMILES string of the molecule is Cc1ccc(C(=O)CCC(=O)Nc2ccc(CC(=O)O)cc2)cc1C. The molecule has 0 aliphatic rings. The number of Topliss-reactive ketones (excluding diaryl/α,β-unsaturated/α-hetero) is 1. The number of benzene rings is 2. The van der Waals surface area contributed by atoms with Gasteiger partial charge in [-0.2, -0.15) is 0 Å². The van der Waals surface area contributed by atoms with E-state index in [2.05, 4.69) is 5.32 Å². The highest BCUT2D eigenvalue weighted by Gasteiger charge is 2.10. The largest absolute Gasteiger partial charge is 0.481 e. The molecule has 2 N–H and O–H groups in total. The van der Waals surface area contributed by atoms with Crippen molar-refractivity contribution in [2.24, 2.45) is 0 Å². The lowest BCUT2D eigenvalue weighted by Gasteiger charge is -2.07. The summed E-state index contributed by atoms with van der Waals surface area (Å²) >= 11 is 0. The van der Waals surface area contributed by atoms with E-state index in [1.807, 2.05) is 26.0 Å². The van der Waals surface area contributed by atoms with E-state index in [-0.39, 0.29) is 31.0 Å². The summed E-state index contributed by atoms with van der Waals surface area (Å²) in [5.41, 5.74) is 4.04. The van der Waals surface area contributed by atoms with Gasteiger partial charge in [0.15, 0.2) is 5.78 Å². The Kier molecular flexibility index (Phi) is 6.06. The topological polar surface area (TPSA) is 83.5 Å². The molecule has 2 aromatic rings. The number of hydrogen-bond donors (Lipinski definition) is 2. The molecular weight excluding hydrogens is 318 g/mol. The summed E-state index contributed by atoms with van der Waals surface area (Å²) < 4.78 is 0. The quantitative estimate of drug-likeness (QED) is 0.756. The van der Waals surface area contributed by atoms with Crippen LogP contribution in [-0.4, -0.2) is 22.8 Å². The van der Waals surface area contributed by atoms with E-state index in [1.165, 1.54) is 0 Å². The van der Waals surface area contributed by atoms with Crippen LogP contribution in [0.25, 0.3) is 0 Å². The predicted octanol–water partition coefficient (Wildman–Crippen LogP) is 3.53. The number of aryl methyl sites for hydroxylation is 2. The summed E-state index contributed by atoms with van der Waals surface area (Å²) in [6, 6.07) is 12.2. The Morgan fingerprint density at radius 1 is 0.920 bits per heavy atom. The summed E-state index contributed by atoms with van der Waals surface area (Å²) in [7, 11) is 0. The van der Waals surface area contributed by atoms with E-state index < -0.39 is 5.97 Å². The van der Waals surface area contributed by atoms with Crippen LogP contribution >= 0.6 is 0 Å². The molecule has 0 saturated heterocycles. The molecule has 25 heavy (non-hydrogen) atoms. The maximum absolute atomic E-state index is 12.2. The van der Waals surface area contributed by atoms with Gasteiger partial charge in [0.1, 0.15) is 0 Å². The first-order chi connectivity index (χ1) is 11.8. The lowest BCUT2D eigenvalue weighted by molar-refractivity contribution is -0.136. The van der Waals surface area contributed by atoms with Crippen LogP contribution in [0.15, 0.2) is 42.5 Å². The van der Waals surface area contributed by atoms with E-state index in [0.29, 0.717) is 16.8 Å². The fraction of sp³-hybridized carbons (Fsp3) is 0.250. The second-order valence-electron chi connectivity index (χ2n) is 6.04. The normalized spacial score (nSPS) is 10.3. The molecule has 0 atom stereocenters. The van der Waals surface area contributed by atoms with Crippen LogP contribution in [0.3, 0.4) is 0 Å². The molecule has 130 valence electrons. The summed E-state index contributed by atoms with van der Waals surface area (Å²) in [6.07, 6.45) is 0.187. The summed E-state index contributed by atoms with van der Waals surface area (Å²) in [6.45, 7) is 3.94. The van der Waals surface area contributed by atoms with Crippen molar-refractivity contribution >= 4 is 23.3 Å². The Balaban J connectivity index is 1.86. The molecule has 0 aromatic heterocycles. The maximum Gasteiger partial charge on any atom is 0.307 e. The van der Waals surface area contributed by atoms with Crippen molar-refractivity contribution in [3.8, 4) is 0 Å². The number of aliphatic carboxylic acids is 1. The lowest BCUT2D eigenvalue weighted by Crippen LogP contribution is -2.13. The zero-order valence-corrected chi connectivity index (χ0v) is 14.3. The smallest absolute Gasteiger partial charge is 0.307 e. The van der Waals surface area contributed by atoms with Gasteiger partial charge in [0.05, 0.1) is 6.42 Å². The fourth-order valence-corrected chi connectivity index (χ4v) is 2.39.